The Morgan fingerprint density at radius 2 is 1.74 bits per heavy atom. The van der Waals surface area contributed by atoms with Gasteiger partial charge in [-0.2, -0.15) is 0 Å². The molecule has 0 heterocycles. The first-order chi connectivity index (χ1) is 10.7. The van der Waals surface area contributed by atoms with Crippen molar-refractivity contribution in [1.82, 2.24) is 0 Å². The van der Waals surface area contributed by atoms with Crippen LogP contribution in [-0.2, 0) is 4.79 Å². The summed E-state index contributed by atoms with van der Waals surface area (Å²) < 4.78 is 0. The van der Waals surface area contributed by atoms with Crippen LogP contribution < -0.4 is 0 Å². The van der Waals surface area contributed by atoms with E-state index in [2.05, 4.69) is 36.7 Å². The second-order valence-electron chi connectivity index (χ2n) is 9.77. The minimum atomic E-state index is -0.485. The van der Waals surface area contributed by atoms with Crippen molar-refractivity contribution < 1.29 is 9.90 Å². The van der Waals surface area contributed by atoms with Gasteiger partial charge in [-0.3, -0.25) is 4.79 Å². The van der Waals surface area contributed by atoms with Crippen LogP contribution >= 0.6 is 15.9 Å². The molecule has 130 valence electrons. The number of fused-ring (bicyclic) bond motifs is 5. The highest BCUT2D eigenvalue weighted by Crippen LogP contribution is 2.68. The molecule has 1 N–H and O–H groups in total. The number of Topliss-reactive ketones (excluding diaryl/α,β-unsaturated/α-hetero) is 1. The minimum Gasteiger partial charge on any atom is -0.390 e. The van der Waals surface area contributed by atoms with Gasteiger partial charge in [0.05, 0.1) is 10.4 Å². The Labute approximate surface area is 148 Å². The van der Waals surface area contributed by atoms with Gasteiger partial charge in [-0.05, 0) is 86.4 Å². The number of hydrogen-bond donors (Lipinski definition) is 1. The number of alkyl halides is 1. The summed E-state index contributed by atoms with van der Waals surface area (Å²) in [5.41, 5.74) is -0.0582. The lowest BCUT2D eigenvalue weighted by molar-refractivity contribution is -0.151. The largest absolute Gasteiger partial charge is 0.390 e. The van der Waals surface area contributed by atoms with Crippen molar-refractivity contribution in [3.05, 3.63) is 0 Å². The molecule has 0 bridgehead atoms. The Morgan fingerprint density at radius 3 is 2.48 bits per heavy atom. The van der Waals surface area contributed by atoms with Crippen molar-refractivity contribution >= 4 is 21.7 Å². The molecule has 1 unspecified atom stereocenters. The molecule has 23 heavy (non-hydrogen) atoms. The molecule has 0 saturated heterocycles. The Bertz CT molecular complexity index is 530. The molecule has 0 aromatic heterocycles. The zero-order chi connectivity index (χ0) is 16.6. The van der Waals surface area contributed by atoms with Crippen molar-refractivity contribution in [1.29, 1.82) is 0 Å². The van der Waals surface area contributed by atoms with E-state index in [-0.39, 0.29) is 10.2 Å². The average Bonchev–Trinajstić information content (AvgIpc) is 2.71. The fourth-order valence-electron chi connectivity index (χ4n) is 7.30. The first kappa shape index (κ1) is 16.6. The molecule has 0 radical (unpaired) electrons. The summed E-state index contributed by atoms with van der Waals surface area (Å²) in [5, 5.41) is 11.0. The molecule has 4 aliphatic carbocycles. The van der Waals surface area contributed by atoms with Crippen molar-refractivity contribution in [3.8, 4) is 0 Å². The molecular formula is C20H31BrO2. The van der Waals surface area contributed by atoms with Crippen molar-refractivity contribution in [3.63, 3.8) is 0 Å². The Hall–Kier alpha value is 0.110. The van der Waals surface area contributed by atoms with E-state index < -0.39 is 5.60 Å². The van der Waals surface area contributed by atoms with E-state index in [0.717, 1.165) is 37.5 Å². The minimum absolute atomic E-state index is 0.0718. The zero-order valence-corrected chi connectivity index (χ0v) is 16.4. The number of halogens is 1. The Morgan fingerprint density at radius 1 is 1.04 bits per heavy atom. The monoisotopic (exact) mass is 382 g/mol. The number of hydrogen-bond acceptors (Lipinski definition) is 2. The van der Waals surface area contributed by atoms with E-state index in [9.17, 15) is 9.90 Å². The number of rotatable bonds is 0. The highest BCUT2D eigenvalue weighted by atomic mass is 79.9. The van der Waals surface area contributed by atoms with Gasteiger partial charge in [0.2, 0.25) is 0 Å². The van der Waals surface area contributed by atoms with E-state index in [1.807, 2.05) is 0 Å². The molecule has 4 aliphatic rings. The van der Waals surface area contributed by atoms with Gasteiger partial charge >= 0.3 is 0 Å². The highest BCUT2D eigenvalue weighted by Gasteiger charge is 2.63. The molecule has 2 nitrogen and oxygen atoms in total. The lowest BCUT2D eigenvalue weighted by atomic mass is 9.44. The molecule has 4 saturated carbocycles. The zero-order valence-electron chi connectivity index (χ0n) is 14.8. The van der Waals surface area contributed by atoms with Gasteiger partial charge in [0.25, 0.3) is 0 Å². The van der Waals surface area contributed by atoms with Gasteiger partial charge in [0.1, 0.15) is 5.78 Å². The van der Waals surface area contributed by atoms with E-state index in [1.165, 1.54) is 25.7 Å². The van der Waals surface area contributed by atoms with Crippen LogP contribution in [0.25, 0.3) is 0 Å². The van der Waals surface area contributed by atoms with Gasteiger partial charge < -0.3 is 5.11 Å². The van der Waals surface area contributed by atoms with Gasteiger partial charge in [-0.1, -0.05) is 29.8 Å². The maximum absolute atomic E-state index is 12.2. The van der Waals surface area contributed by atoms with Gasteiger partial charge in [-0.25, -0.2) is 0 Å². The topological polar surface area (TPSA) is 37.3 Å². The van der Waals surface area contributed by atoms with Crippen LogP contribution in [0.15, 0.2) is 0 Å². The van der Waals surface area contributed by atoms with E-state index in [0.29, 0.717) is 23.0 Å². The van der Waals surface area contributed by atoms with E-state index in [1.54, 1.807) is 0 Å². The summed E-state index contributed by atoms with van der Waals surface area (Å²) in [5.74, 6) is 3.21. The summed E-state index contributed by atoms with van der Waals surface area (Å²) >= 11 is 3.66. The number of ketones is 1. The first-order valence-electron chi connectivity index (χ1n) is 9.58. The molecule has 4 fully saturated rings. The lowest BCUT2D eigenvalue weighted by Crippen LogP contribution is -2.57. The molecule has 0 aromatic rings. The number of carbonyl (C=O) groups is 1. The predicted molar refractivity (Wildman–Crippen MR) is 95.5 cm³/mol. The van der Waals surface area contributed by atoms with Crippen molar-refractivity contribution in [2.75, 3.05) is 0 Å². The summed E-state index contributed by atoms with van der Waals surface area (Å²) in [6.07, 6.45) is 8.88. The maximum Gasteiger partial charge on any atom is 0.146 e. The summed E-state index contributed by atoms with van der Waals surface area (Å²) in [6, 6.07) is 0. The third-order valence-corrected chi connectivity index (χ3v) is 9.88. The summed E-state index contributed by atoms with van der Waals surface area (Å²) in [6.45, 7) is 6.91. The fraction of sp³-hybridized carbons (Fsp3) is 0.950. The Kier molecular flexibility index (Phi) is 3.65. The van der Waals surface area contributed by atoms with Crippen LogP contribution in [0.4, 0.5) is 0 Å². The fourth-order valence-corrected chi connectivity index (χ4v) is 8.19. The second kappa shape index (κ2) is 5.06. The van der Waals surface area contributed by atoms with Crippen LogP contribution in [0.2, 0.25) is 0 Å². The van der Waals surface area contributed by atoms with Gasteiger partial charge in [0, 0.05) is 6.42 Å². The first-order valence-corrected chi connectivity index (χ1v) is 10.5. The Balaban J connectivity index is 1.66. The molecule has 8 atom stereocenters. The third kappa shape index (κ3) is 2.11. The van der Waals surface area contributed by atoms with Gasteiger partial charge in [-0.15, -0.1) is 0 Å². The van der Waals surface area contributed by atoms with Crippen molar-refractivity contribution in [2.45, 2.75) is 82.6 Å². The van der Waals surface area contributed by atoms with Crippen LogP contribution in [0.3, 0.4) is 0 Å². The normalized spacial score (nSPS) is 59.2. The van der Waals surface area contributed by atoms with Crippen LogP contribution in [-0.4, -0.2) is 21.3 Å². The molecule has 4 rings (SSSR count). The molecule has 0 aromatic carbocycles. The molecule has 3 heteroatoms. The average molecular weight is 383 g/mol. The predicted octanol–water partition coefficient (Wildman–Crippen LogP) is 4.72. The quantitative estimate of drug-likeness (QED) is 0.615. The van der Waals surface area contributed by atoms with Crippen molar-refractivity contribution in [2.24, 2.45) is 34.5 Å². The van der Waals surface area contributed by atoms with E-state index >= 15 is 0 Å². The standard InChI is InChI=1S/C20H31BrO2/c1-18-11-16(21)17(22)10-12(18)4-5-13-14(18)6-8-19(2)15(13)7-9-20(19,3)23/h12-16,23H,4-11H2,1-3H3/t12-,13+,14-,15-,16?,18-,19-,20-/m0/s1. The number of aliphatic hydroxyl groups is 1. The molecule has 0 spiro atoms. The van der Waals surface area contributed by atoms with Crippen LogP contribution in [0, 0.1) is 34.5 Å². The molecule has 0 amide bonds. The van der Waals surface area contributed by atoms with Crippen LogP contribution in [0.5, 0.6) is 0 Å². The number of carbonyl (C=O) groups excluding carboxylic acids is 1. The SMILES string of the molecule is C[C@]12CC(Br)C(=O)C[C@@H]1CC[C@@H]1[C@@H]2CC[C@@]2(C)[C@H]1CC[C@]2(C)O. The smallest absolute Gasteiger partial charge is 0.146 e. The maximum atomic E-state index is 12.2. The summed E-state index contributed by atoms with van der Waals surface area (Å²) in [4.78, 5) is 12.3. The van der Waals surface area contributed by atoms with Gasteiger partial charge in [0.15, 0.2) is 0 Å². The molecule has 0 aliphatic heterocycles. The third-order valence-electron chi connectivity index (χ3n) is 9.04. The lowest BCUT2D eigenvalue weighted by Gasteiger charge is -2.61. The van der Waals surface area contributed by atoms with Crippen LogP contribution in [0.1, 0.15) is 72.1 Å². The van der Waals surface area contributed by atoms with E-state index in [4.69, 9.17) is 0 Å². The highest BCUT2D eigenvalue weighted by molar-refractivity contribution is 9.10. The second-order valence-corrected chi connectivity index (χ2v) is 10.9. The molecular weight excluding hydrogens is 352 g/mol. The summed E-state index contributed by atoms with van der Waals surface area (Å²) in [7, 11) is 0.